The molecule has 1 aromatic heterocycles. The molecule has 136 valence electrons. The molecule has 25 heavy (non-hydrogen) atoms. The zero-order chi connectivity index (χ0) is 18.6. The first kappa shape index (κ1) is 19.4. The maximum Gasteiger partial charge on any atom is 0.252 e. The number of likely N-dealkylation sites (N-methyl/N-ethyl adjacent to an activating group) is 1. The molecule has 1 heterocycles. The Morgan fingerprint density at radius 1 is 1.36 bits per heavy atom. The van der Waals surface area contributed by atoms with E-state index in [1.165, 1.54) is 13.1 Å². The lowest BCUT2D eigenvalue weighted by Gasteiger charge is -2.20. The Labute approximate surface area is 152 Å². The highest BCUT2D eigenvalue weighted by Gasteiger charge is 2.24. The van der Waals surface area contributed by atoms with Crippen molar-refractivity contribution in [2.24, 2.45) is 0 Å². The van der Waals surface area contributed by atoms with Crippen LogP contribution in [-0.2, 0) is 14.8 Å². The topological polar surface area (TPSA) is 75.7 Å². The standard InChI is InChI=1S/C17H22N2O4S2/c1-12-7-8-15(23-4)14(10-12)13(2)18-16(20)11-19(3)25(21,22)17-6-5-9-24-17/h5-10,13H,11H2,1-4H3,(H,18,20). The molecular formula is C17H22N2O4S2. The number of hydrogen-bond acceptors (Lipinski definition) is 5. The van der Waals surface area contributed by atoms with Gasteiger partial charge in [-0.15, -0.1) is 11.3 Å². The highest BCUT2D eigenvalue weighted by Crippen LogP contribution is 2.26. The van der Waals surface area contributed by atoms with Crippen molar-refractivity contribution in [2.75, 3.05) is 20.7 Å². The van der Waals surface area contributed by atoms with E-state index in [0.29, 0.717) is 5.75 Å². The van der Waals surface area contributed by atoms with Crippen molar-refractivity contribution in [2.45, 2.75) is 24.1 Å². The quantitative estimate of drug-likeness (QED) is 0.799. The van der Waals surface area contributed by atoms with Crippen LogP contribution >= 0.6 is 11.3 Å². The average molecular weight is 383 g/mol. The third kappa shape index (κ3) is 4.59. The lowest BCUT2D eigenvalue weighted by molar-refractivity contribution is -0.121. The van der Waals surface area contributed by atoms with Crippen LogP contribution in [0, 0.1) is 6.92 Å². The first-order valence-corrected chi connectivity index (χ1v) is 10.0. The Balaban J connectivity index is 2.06. The second-order valence-corrected chi connectivity index (χ2v) is 8.95. The van der Waals surface area contributed by atoms with E-state index in [-0.39, 0.29) is 22.7 Å². The fraction of sp³-hybridized carbons (Fsp3) is 0.353. The molecule has 2 aromatic rings. The summed E-state index contributed by atoms with van der Waals surface area (Å²) in [5.41, 5.74) is 1.90. The van der Waals surface area contributed by atoms with Gasteiger partial charge in [-0.3, -0.25) is 4.79 Å². The van der Waals surface area contributed by atoms with E-state index in [1.807, 2.05) is 32.0 Å². The third-order valence-corrected chi connectivity index (χ3v) is 6.93. The molecular weight excluding hydrogens is 360 g/mol. The number of carbonyl (C=O) groups excluding carboxylic acids is 1. The summed E-state index contributed by atoms with van der Waals surface area (Å²) in [4.78, 5) is 12.3. The summed E-state index contributed by atoms with van der Waals surface area (Å²) in [5.74, 6) is 0.302. The predicted molar refractivity (Wildman–Crippen MR) is 98.4 cm³/mol. The number of aryl methyl sites for hydroxylation is 1. The number of carbonyl (C=O) groups is 1. The number of hydrogen-bond donors (Lipinski definition) is 1. The minimum Gasteiger partial charge on any atom is -0.496 e. The molecule has 0 saturated carbocycles. The van der Waals surface area contributed by atoms with Crippen molar-refractivity contribution >= 4 is 27.3 Å². The van der Waals surface area contributed by atoms with E-state index in [1.54, 1.807) is 18.6 Å². The summed E-state index contributed by atoms with van der Waals surface area (Å²) < 4.78 is 31.3. The first-order valence-electron chi connectivity index (χ1n) is 7.69. The highest BCUT2D eigenvalue weighted by atomic mass is 32.2. The van der Waals surface area contributed by atoms with Gasteiger partial charge in [0.25, 0.3) is 10.0 Å². The van der Waals surface area contributed by atoms with Crippen molar-refractivity contribution < 1.29 is 17.9 Å². The van der Waals surface area contributed by atoms with Gasteiger partial charge in [-0.05, 0) is 31.4 Å². The summed E-state index contributed by atoms with van der Waals surface area (Å²) >= 11 is 1.12. The van der Waals surface area contributed by atoms with Crippen LogP contribution in [0.3, 0.4) is 0 Å². The lowest BCUT2D eigenvalue weighted by Crippen LogP contribution is -2.39. The van der Waals surface area contributed by atoms with E-state index in [0.717, 1.165) is 26.8 Å². The Bertz CT molecular complexity index is 832. The molecule has 0 aliphatic heterocycles. The van der Waals surface area contributed by atoms with Crippen LogP contribution in [0.25, 0.3) is 0 Å². The third-order valence-electron chi connectivity index (χ3n) is 3.76. The maximum absolute atomic E-state index is 12.4. The molecule has 0 radical (unpaired) electrons. The molecule has 0 fully saturated rings. The average Bonchev–Trinajstić information content (AvgIpc) is 3.09. The van der Waals surface area contributed by atoms with Crippen molar-refractivity contribution in [3.63, 3.8) is 0 Å². The van der Waals surface area contributed by atoms with E-state index in [9.17, 15) is 13.2 Å². The van der Waals surface area contributed by atoms with Crippen LogP contribution in [0.5, 0.6) is 5.75 Å². The van der Waals surface area contributed by atoms with Crippen molar-refractivity contribution in [3.8, 4) is 5.75 Å². The van der Waals surface area contributed by atoms with Crippen LogP contribution in [0.2, 0.25) is 0 Å². The second-order valence-electron chi connectivity index (χ2n) is 5.73. The van der Waals surface area contributed by atoms with Crippen LogP contribution in [0.1, 0.15) is 24.1 Å². The Morgan fingerprint density at radius 3 is 2.68 bits per heavy atom. The van der Waals surface area contributed by atoms with E-state index >= 15 is 0 Å². The number of methoxy groups -OCH3 is 1. The summed E-state index contributed by atoms with van der Waals surface area (Å²) in [5, 5.41) is 4.51. The smallest absolute Gasteiger partial charge is 0.252 e. The van der Waals surface area contributed by atoms with Gasteiger partial charge < -0.3 is 10.1 Å². The van der Waals surface area contributed by atoms with Gasteiger partial charge in [-0.25, -0.2) is 8.42 Å². The molecule has 1 unspecified atom stereocenters. The van der Waals surface area contributed by atoms with Crippen LogP contribution in [0.15, 0.2) is 39.9 Å². The highest BCUT2D eigenvalue weighted by molar-refractivity contribution is 7.91. The largest absolute Gasteiger partial charge is 0.496 e. The van der Waals surface area contributed by atoms with Crippen molar-refractivity contribution in [3.05, 3.63) is 46.8 Å². The fourth-order valence-electron chi connectivity index (χ4n) is 2.41. The number of benzene rings is 1. The number of rotatable bonds is 7. The van der Waals surface area contributed by atoms with Gasteiger partial charge in [-0.1, -0.05) is 23.8 Å². The number of amides is 1. The second kappa shape index (κ2) is 7.99. The Morgan fingerprint density at radius 2 is 2.08 bits per heavy atom. The van der Waals surface area contributed by atoms with Crippen LogP contribution < -0.4 is 10.1 Å². The summed E-state index contributed by atoms with van der Waals surface area (Å²) in [6.07, 6.45) is 0. The molecule has 0 aliphatic rings. The maximum atomic E-state index is 12.4. The van der Waals surface area contributed by atoms with Crippen molar-refractivity contribution in [1.82, 2.24) is 9.62 Å². The molecule has 1 atom stereocenters. The zero-order valence-corrected chi connectivity index (χ0v) is 16.3. The molecule has 2 rings (SSSR count). The number of sulfonamides is 1. The molecule has 1 amide bonds. The van der Waals surface area contributed by atoms with Gasteiger partial charge >= 0.3 is 0 Å². The fourth-order valence-corrected chi connectivity index (χ4v) is 4.74. The van der Waals surface area contributed by atoms with E-state index in [2.05, 4.69) is 5.32 Å². The molecule has 1 N–H and O–H groups in total. The lowest BCUT2D eigenvalue weighted by atomic mass is 10.0. The van der Waals surface area contributed by atoms with Crippen molar-refractivity contribution in [1.29, 1.82) is 0 Å². The van der Waals surface area contributed by atoms with Gasteiger partial charge in [0.2, 0.25) is 5.91 Å². The molecule has 0 bridgehead atoms. The molecule has 6 nitrogen and oxygen atoms in total. The van der Waals surface area contributed by atoms with E-state index in [4.69, 9.17) is 4.74 Å². The van der Waals surface area contributed by atoms with Gasteiger partial charge in [0, 0.05) is 12.6 Å². The Hall–Kier alpha value is -1.90. The minimum absolute atomic E-state index is 0.219. The molecule has 0 aliphatic carbocycles. The van der Waals surface area contributed by atoms with Gasteiger partial charge in [0.1, 0.15) is 9.96 Å². The minimum atomic E-state index is -3.64. The first-order chi connectivity index (χ1) is 11.8. The van der Waals surface area contributed by atoms with Gasteiger partial charge in [-0.2, -0.15) is 4.31 Å². The molecule has 8 heteroatoms. The molecule has 1 aromatic carbocycles. The molecule has 0 spiro atoms. The SMILES string of the molecule is COc1ccc(C)cc1C(C)NC(=O)CN(C)S(=O)(=O)c1cccs1. The zero-order valence-electron chi connectivity index (χ0n) is 14.6. The number of nitrogens with zero attached hydrogens (tertiary/aromatic N) is 1. The van der Waals surface area contributed by atoms with Crippen LogP contribution in [-0.4, -0.2) is 39.3 Å². The summed E-state index contributed by atoms with van der Waals surface area (Å²) in [6.45, 7) is 3.54. The normalized spacial score (nSPS) is 12.8. The van der Waals surface area contributed by atoms with E-state index < -0.39 is 10.0 Å². The number of nitrogens with one attached hydrogen (secondary N) is 1. The summed E-state index contributed by atoms with van der Waals surface area (Å²) in [6, 6.07) is 8.60. The predicted octanol–water partition coefficient (Wildman–Crippen LogP) is 2.56. The molecule has 0 saturated heterocycles. The number of ether oxygens (including phenoxy) is 1. The van der Waals surface area contributed by atoms with Gasteiger partial charge in [0.15, 0.2) is 0 Å². The monoisotopic (exact) mass is 382 g/mol. The van der Waals surface area contributed by atoms with Gasteiger partial charge in [0.05, 0.1) is 19.7 Å². The summed E-state index contributed by atoms with van der Waals surface area (Å²) in [7, 11) is -0.675. The number of thiophene rings is 1. The van der Waals surface area contributed by atoms with Crippen LogP contribution in [0.4, 0.5) is 0 Å². The Kier molecular flexibility index (Phi) is 6.21.